The molecule has 3 heterocycles. The van der Waals surface area contributed by atoms with Crippen molar-refractivity contribution in [2.45, 2.75) is 50.1 Å². The van der Waals surface area contributed by atoms with Crippen LogP contribution in [0.5, 0.6) is 5.75 Å². The number of hydrogen-bond acceptors (Lipinski definition) is 6. The van der Waals surface area contributed by atoms with Gasteiger partial charge < -0.3 is 25.2 Å². The third kappa shape index (κ3) is 8.60. The number of phenols is 1. The van der Waals surface area contributed by atoms with Gasteiger partial charge in [-0.15, -0.1) is 0 Å². The average Bonchev–Trinajstić information content (AvgIpc) is 3.18. The Labute approximate surface area is 297 Å². The maximum atomic E-state index is 13.2. The fourth-order valence-electron chi connectivity index (χ4n) is 7.23. The summed E-state index contributed by atoms with van der Waals surface area (Å²) in [6.07, 6.45) is 5.70. The van der Waals surface area contributed by atoms with E-state index in [1.54, 1.807) is 0 Å². The van der Waals surface area contributed by atoms with Gasteiger partial charge in [0.25, 0.3) is 0 Å². The van der Waals surface area contributed by atoms with Crippen molar-refractivity contribution >= 4 is 21.5 Å². The molecule has 0 saturated carbocycles. The first kappa shape index (κ1) is 34.7. The summed E-state index contributed by atoms with van der Waals surface area (Å²) >= 11 is 0. The number of halogens is 2. The molecule has 2 aliphatic heterocycles. The van der Waals surface area contributed by atoms with E-state index in [9.17, 15) is 13.9 Å². The minimum Gasteiger partial charge on any atom is -0.507 e. The quantitative estimate of drug-likeness (QED) is 0.149. The Morgan fingerprint density at radius 3 is 1.92 bits per heavy atom. The van der Waals surface area contributed by atoms with Crippen LogP contribution >= 0.6 is 0 Å². The number of rotatable bonds is 8. The predicted octanol–water partition coefficient (Wildman–Crippen LogP) is 8.38. The van der Waals surface area contributed by atoms with Crippen molar-refractivity contribution in [1.82, 2.24) is 15.6 Å². The van der Waals surface area contributed by atoms with Gasteiger partial charge in [0.2, 0.25) is 0 Å². The van der Waals surface area contributed by atoms with Gasteiger partial charge in [0.1, 0.15) is 17.4 Å². The van der Waals surface area contributed by atoms with Gasteiger partial charge in [-0.2, -0.15) is 0 Å². The molecule has 0 aliphatic carbocycles. The highest BCUT2D eigenvalue weighted by atomic mass is 19.1. The number of ether oxygens (including phenoxy) is 2. The molecule has 3 N–H and O–H groups in total. The number of piperidine rings is 2. The van der Waals surface area contributed by atoms with E-state index >= 15 is 0 Å². The maximum absolute atomic E-state index is 13.2. The number of benzene rings is 5. The Morgan fingerprint density at radius 2 is 1.25 bits per heavy atom. The first-order valence-electron chi connectivity index (χ1n) is 17.7. The van der Waals surface area contributed by atoms with E-state index in [4.69, 9.17) is 9.47 Å². The Kier molecular flexibility index (Phi) is 11.2. The van der Waals surface area contributed by atoms with Gasteiger partial charge in [0.05, 0.1) is 25.4 Å². The summed E-state index contributed by atoms with van der Waals surface area (Å²) in [7, 11) is 0. The molecule has 8 heteroatoms. The molecule has 51 heavy (non-hydrogen) atoms. The molecule has 262 valence electrons. The molecule has 0 bridgehead atoms. The van der Waals surface area contributed by atoms with Crippen LogP contribution in [0.25, 0.3) is 21.5 Å². The fourth-order valence-corrected chi connectivity index (χ4v) is 7.23. The van der Waals surface area contributed by atoms with Gasteiger partial charge in [-0.25, -0.2) is 8.78 Å². The summed E-state index contributed by atoms with van der Waals surface area (Å²) in [4.78, 5) is 4.15. The summed E-state index contributed by atoms with van der Waals surface area (Å²) in [6, 6.07) is 33.6. The van der Waals surface area contributed by atoms with Crippen LogP contribution in [0.15, 0.2) is 122 Å². The van der Waals surface area contributed by atoms with Gasteiger partial charge in [0.15, 0.2) is 0 Å². The number of nitrogens with zero attached hydrogens (tertiary/aromatic N) is 1. The van der Waals surface area contributed by atoms with Crippen LogP contribution in [0.3, 0.4) is 0 Å². The van der Waals surface area contributed by atoms with Crippen LogP contribution in [-0.4, -0.2) is 48.5 Å². The second kappa shape index (κ2) is 16.5. The van der Waals surface area contributed by atoms with E-state index in [2.05, 4.69) is 33.8 Å². The second-order valence-corrected chi connectivity index (χ2v) is 13.4. The van der Waals surface area contributed by atoms with Crippen molar-refractivity contribution in [3.63, 3.8) is 0 Å². The molecular weight excluding hydrogens is 644 g/mol. The minimum atomic E-state index is -0.221. The molecule has 2 fully saturated rings. The summed E-state index contributed by atoms with van der Waals surface area (Å²) in [5.41, 5.74) is 4.19. The lowest BCUT2D eigenvalue weighted by Gasteiger charge is -2.32. The molecule has 0 amide bonds. The van der Waals surface area contributed by atoms with Crippen LogP contribution in [0.2, 0.25) is 0 Å². The molecule has 4 atom stereocenters. The minimum absolute atomic E-state index is 0.0138. The number of aromatic hydroxyl groups is 1. The monoisotopic (exact) mass is 687 g/mol. The van der Waals surface area contributed by atoms with E-state index in [-0.39, 0.29) is 35.5 Å². The Hall–Kier alpha value is -4.73. The van der Waals surface area contributed by atoms with E-state index < -0.39 is 0 Å². The van der Waals surface area contributed by atoms with Crippen molar-refractivity contribution < 1.29 is 23.4 Å². The SMILES string of the molecule is Fc1ccc(C2CCNCC2OCc2ccc3cnccc3c2)cc1.Oc1c(COC2CNCCC2c2ccc(F)cc2)ccc2ccccc12. The molecule has 2 aliphatic rings. The molecule has 6 aromatic rings. The van der Waals surface area contributed by atoms with Gasteiger partial charge in [-0.3, -0.25) is 4.98 Å². The van der Waals surface area contributed by atoms with Crippen LogP contribution < -0.4 is 10.6 Å². The van der Waals surface area contributed by atoms with E-state index in [0.29, 0.717) is 19.1 Å². The predicted molar refractivity (Wildman–Crippen MR) is 198 cm³/mol. The van der Waals surface area contributed by atoms with Gasteiger partial charge in [0, 0.05) is 53.7 Å². The fraction of sp³-hybridized carbons (Fsp3) is 0.279. The highest BCUT2D eigenvalue weighted by Crippen LogP contribution is 2.33. The van der Waals surface area contributed by atoms with E-state index in [1.165, 1.54) is 29.7 Å². The van der Waals surface area contributed by atoms with Crippen molar-refractivity contribution in [3.8, 4) is 5.75 Å². The zero-order chi connectivity index (χ0) is 35.0. The summed E-state index contributed by atoms with van der Waals surface area (Å²) in [5.74, 6) is 0.387. The Bertz CT molecular complexity index is 2040. The number of aromatic nitrogens is 1. The highest BCUT2D eigenvalue weighted by molar-refractivity contribution is 5.89. The lowest BCUT2D eigenvalue weighted by Crippen LogP contribution is -2.40. The summed E-state index contributed by atoms with van der Waals surface area (Å²) in [5, 5.41) is 21.5. The number of pyridine rings is 1. The lowest BCUT2D eigenvalue weighted by molar-refractivity contribution is 0.00990. The van der Waals surface area contributed by atoms with Crippen LogP contribution in [-0.2, 0) is 22.7 Å². The van der Waals surface area contributed by atoms with Crippen LogP contribution in [0.4, 0.5) is 8.78 Å². The van der Waals surface area contributed by atoms with Gasteiger partial charge >= 0.3 is 0 Å². The van der Waals surface area contributed by atoms with Crippen LogP contribution in [0, 0.1) is 11.6 Å². The summed E-state index contributed by atoms with van der Waals surface area (Å²) in [6.45, 7) is 4.37. The zero-order valence-corrected chi connectivity index (χ0v) is 28.5. The van der Waals surface area contributed by atoms with Crippen molar-refractivity contribution in [2.24, 2.45) is 0 Å². The van der Waals surface area contributed by atoms with E-state index in [1.807, 2.05) is 79.1 Å². The Balaban J connectivity index is 0.000000159. The average molecular weight is 688 g/mol. The van der Waals surface area contributed by atoms with Gasteiger partial charge in [-0.1, -0.05) is 72.8 Å². The zero-order valence-electron chi connectivity index (χ0n) is 28.5. The summed E-state index contributed by atoms with van der Waals surface area (Å²) < 4.78 is 38.8. The molecule has 5 aromatic carbocycles. The molecule has 2 saturated heterocycles. The van der Waals surface area contributed by atoms with E-state index in [0.717, 1.165) is 77.4 Å². The normalized spacial score (nSPS) is 20.5. The first-order chi connectivity index (χ1) is 25.0. The molecule has 0 radical (unpaired) electrons. The Morgan fingerprint density at radius 1 is 0.647 bits per heavy atom. The third-order valence-electron chi connectivity index (χ3n) is 10.1. The largest absolute Gasteiger partial charge is 0.507 e. The molecule has 6 nitrogen and oxygen atoms in total. The number of nitrogens with one attached hydrogen (secondary N) is 2. The number of hydrogen-bond donors (Lipinski definition) is 3. The second-order valence-electron chi connectivity index (χ2n) is 13.4. The molecule has 1 aromatic heterocycles. The standard InChI is InChI=1S/C22H22FNO2.C21H21FN2O/c23-18-9-7-16(8-10-18)19-11-12-24-13-21(19)26-14-17-6-5-15-3-1-2-4-20(15)22(17)25;22-19-5-3-16(4-6-19)20-8-10-24-13-21(20)25-14-15-1-2-18-12-23-9-7-17(18)11-15/h1-10,19,21,24-25H,11-14H2;1-7,9,11-12,20-21,24H,8,10,13-14H2. The highest BCUT2D eigenvalue weighted by Gasteiger charge is 2.28. The topological polar surface area (TPSA) is 75.6 Å². The number of fused-ring (bicyclic) bond motifs is 2. The van der Waals surface area contributed by atoms with Gasteiger partial charge in [-0.05, 0) is 89.8 Å². The maximum Gasteiger partial charge on any atom is 0.128 e. The lowest BCUT2D eigenvalue weighted by atomic mass is 9.87. The van der Waals surface area contributed by atoms with Crippen molar-refractivity contribution in [2.75, 3.05) is 26.2 Å². The number of phenolic OH excluding ortho intramolecular Hbond substituents is 1. The van der Waals surface area contributed by atoms with Crippen molar-refractivity contribution in [3.05, 3.63) is 155 Å². The first-order valence-corrected chi connectivity index (χ1v) is 17.7. The molecule has 0 spiro atoms. The van der Waals surface area contributed by atoms with Crippen LogP contribution in [0.1, 0.15) is 46.9 Å². The molecular formula is C43H43F2N3O3. The van der Waals surface area contributed by atoms with Crippen molar-refractivity contribution in [1.29, 1.82) is 0 Å². The molecule has 8 rings (SSSR count). The third-order valence-corrected chi connectivity index (χ3v) is 10.1. The molecule has 4 unspecified atom stereocenters. The smallest absolute Gasteiger partial charge is 0.128 e.